The lowest BCUT2D eigenvalue weighted by molar-refractivity contribution is -0.115. The summed E-state index contributed by atoms with van der Waals surface area (Å²) >= 11 is 1.45. The molecule has 0 aliphatic carbocycles. The molecule has 4 nitrogen and oxygen atoms in total. The first kappa shape index (κ1) is 22.4. The quantitative estimate of drug-likeness (QED) is 0.353. The van der Waals surface area contributed by atoms with Gasteiger partial charge in [0.05, 0.1) is 5.25 Å². The highest BCUT2D eigenvalue weighted by Gasteiger charge is 2.16. The van der Waals surface area contributed by atoms with Crippen LogP contribution in [0.4, 0.5) is 11.4 Å². The molecule has 2 amide bonds. The van der Waals surface area contributed by atoms with E-state index in [1.54, 1.807) is 6.08 Å². The Morgan fingerprint density at radius 1 is 0.903 bits per heavy atom. The van der Waals surface area contributed by atoms with Gasteiger partial charge in [-0.2, -0.15) is 0 Å². The number of thioether (sulfide) groups is 1. The zero-order valence-electron chi connectivity index (χ0n) is 17.9. The van der Waals surface area contributed by atoms with Crippen LogP contribution in [0.5, 0.6) is 0 Å². The third-order valence-corrected chi connectivity index (χ3v) is 5.74. The Morgan fingerprint density at radius 3 is 2.42 bits per heavy atom. The Balaban J connectivity index is 1.58. The zero-order chi connectivity index (χ0) is 22.2. The van der Waals surface area contributed by atoms with Crippen LogP contribution in [0, 0.1) is 13.8 Å². The lowest BCUT2D eigenvalue weighted by Gasteiger charge is -2.14. The first-order valence-corrected chi connectivity index (χ1v) is 11.0. The molecular weight excluding hydrogens is 404 g/mol. The van der Waals surface area contributed by atoms with Crippen LogP contribution in [-0.4, -0.2) is 17.1 Å². The van der Waals surface area contributed by atoms with Gasteiger partial charge in [-0.15, -0.1) is 11.8 Å². The summed E-state index contributed by atoms with van der Waals surface area (Å²) in [5, 5.41) is 5.58. The number of amides is 2. The molecule has 2 N–H and O–H groups in total. The van der Waals surface area contributed by atoms with E-state index in [1.807, 2.05) is 93.6 Å². The molecule has 0 aliphatic rings. The van der Waals surface area contributed by atoms with E-state index < -0.39 is 0 Å². The molecule has 1 unspecified atom stereocenters. The van der Waals surface area contributed by atoms with Gasteiger partial charge in [0.25, 0.3) is 0 Å². The van der Waals surface area contributed by atoms with Crippen molar-refractivity contribution in [2.45, 2.75) is 30.9 Å². The minimum Gasteiger partial charge on any atom is -0.325 e. The van der Waals surface area contributed by atoms with Crippen molar-refractivity contribution in [3.8, 4) is 0 Å². The van der Waals surface area contributed by atoms with E-state index in [0.29, 0.717) is 5.69 Å². The van der Waals surface area contributed by atoms with Crippen LogP contribution in [-0.2, 0) is 9.59 Å². The summed E-state index contributed by atoms with van der Waals surface area (Å²) in [6, 6.07) is 23.1. The van der Waals surface area contributed by atoms with Gasteiger partial charge >= 0.3 is 0 Å². The molecule has 0 saturated heterocycles. The lowest BCUT2D eigenvalue weighted by Crippen LogP contribution is -2.22. The summed E-state index contributed by atoms with van der Waals surface area (Å²) in [5.74, 6) is -0.260. The Bertz CT molecular complexity index is 1090. The fourth-order valence-electron chi connectivity index (χ4n) is 3.01. The van der Waals surface area contributed by atoms with Gasteiger partial charge in [0.1, 0.15) is 0 Å². The Hall–Kier alpha value is -3.31. The van der Waals surface area contributed by atoms with Crippen LogP contribution in [0.15, 0.2) is 83.8 Å². The smallest absolute Gasteiger partial charge is 0.248 e. The molecule has 0 bridgehead atoms. The van der Waals surface area contributed by atoms with Crippen LogP contribution < -0.4 is 10.6 Å². The van der Waals surface area contributed by atoms with Crippen molar-refractivity contribution < 1.29 is 9.59 Å². The number of anilines is 2. The van der Waals surface area contributed by atoms with Gasteiger partial charge in [-0.05, 0) is 62.2 Å². The van der Waals surface area contributed by atoms with Crippen molar-refractivity contribution in [2.24, 2.45) is 0 Å². The SMILES string of the molecule is Cc1ccc(NC(=O)C(C)Sc2cccc(NC(=O)/C=C/c3ccccc3)c2)c(C)c1. The number of hydrogen-bond acceptors (Lipinski definition) is 3. The van der Waals surface area contributed by atoms with Gasteiger partial charge < -0.3 is 10.6 Å². The number of nitrogens with one attached hydrogen (secondary N) is 2. The van der Waals surface area contributed by atoms with Crippen LogP contribution >= 0.6 is 11.8 Å². The van der Waals surface area contributed by atoms with E-state index in [9.17, 15) is 9.59 Å². The molecule has 0 aliphatic heterocycles. The van der Waals surface area contributed by atoms with Crippen LogP contribution in [0.25, 0.3) is 6.08 Å². The highest BCUT2D eigenvalue weighted by Crippen LogP contribution is 2.27. The second-order valence-corrected chi connectivity index (χ2v) is 8.74. The topological polar surface area (TPSA) is 58.2 Å². The highest BCUT2D eigenvalue weighted by molar-refractivity contribution is 8.00. The summed E-state index contributed by atoms with van der Waals surface area (Å²) in [4.78, 5) is 25.8. The largest absolute Gasteiger partial charge is 0.325 e. The molecule has 0 saturated carbocycles. The molecular formula is C26H26N2O2S. The zero-order valence-corrected chi connectivity index (χ0v) is 18.7. The van der Waals surface area contributed by atoms with E-state index in [0.717, 1.165) is 27.3 Å². The lowest BCUT2D eigenvalue weighted by atomic mass is 10.1. The standard InChI is InChI=1S/C26H26N2O2S/c1-18-12-14-24(19(2)16-18)28-26(30)20(3)31-23-11-7-10-22(17-23)27-25(29)15-13-21-8-5-4-6-9-21/h4-17,20H,1-3H3,(H,27,29)(H,28,30)/b15-13+. The maximum atomic E-state index is 12.6. The van der Waals surface area contributed by atoms with Crippen molar-refractivity contribution in [2.75, 3.05) is 10.6 Å². The molecule has 31 heavy (non-hydrogen) atoms. The van der Waals surface area contributed by atoms with Crippen molar-refractivity contribution >= 4 is 41.0 Å². The van der Waals surface area contributed by atoms with E-state index in [4.69, 9.17) is 0 Å². The first-order valence-electron chi connectivity index (χ1n) is 10.1. The normalized spacial score (nSPS) is 11.8. The van der Waals surface area contributed by atoms with Crippen molar-refractivity contribution in [1.82, 2.24) is 0 Å². The minimum atomic E-state index is -0.287. The molecule has 3 aromatic rings. The molecule has 158 valence electrons. The number of carbonyl (C=O) groups excluding carboxylic acids is 2. The first-order chi connectivity index (χ1) is 14.9. The van der Waals surface area contributed by atoms with Gasteiger partial charge in [0.2, 0.25) is 11.8 Å². The minimum absolute atomic E-state index is 0.0582. The summed E-state index contributed by atoms with van der Waals surface area (Å²) in [6.07, 6.45) is 3.28. The number of rotatable bonds is 7. The Labute approximate surface area is 187 Å². The molecule has 0 radical (unpaired) electrons. The van der Waals surface area contributed by atoms with Gasteiger partial charge in [-0.3, -0.25) is 9.59 Å². The molecule has 3 rings (SSSR count). The number of carbonyl (C=O) groups is 2. The highest BCUT2D eigenvalue weighted by atomic mass is 32.2. The van der Waals surface area contributed by atoms with E-state index >= 15 is 0 Å². The third-order valence-electron chi connectivity index (χ3n) is 4.65. The predicted octanol–water partition coefficient (Wildman–Crippen LogP) is 6.07. The van der Waals surface area contributed by atoms with Gasteiger partial charge in [0, 0.05) is 22.3 Å². The predicted molar refractivity (Wildman–Crippen MR) is 130 cm³/mol. The summed E-state index contributed by atoms with van der Waals surface area (Å²) < 4.78 is 0. The fraction of sp³-hybridized carbons (Fsp3) is 0.154. The van der Waals surface area contributed by atoms with Crippen molar-refractivity contribution in [3.63, 3.8) is 0 Å². The molecule has 3 aromatic carbocycles. The Kier molecular flexibility index (Phi) is 7.68. The summed E-state index contributed by atoms with van der Waals surface area (Å²) in [7, 11) is 0. The number of benzene rings is 3. The second-order valence-electron chi connectivity index (χ2n) is 7.33. The van der Waals surface area contributed by atoms with Crippen LogP contribution in [0.2, 0.25) is 0 Å². The van der Waals surface area contributed by atoms with Crippen molar-refractivity contribution in [3.05, 3.63) is 95.6 Å². The number of hydrogen-bond donors (Lipinski definition) is 2. The van der Waals surface area contributed by atoms with Gasteiger partial charge in [-0.1, -0.05) is 54.1 Å². The molecule has 0 fully saturated rings. The fourth-order valence-corrected chi connectivity index (χ4v) is 3.94. The van der Waals surface area contributed by atoms with E-state index in [-0.39, 0.29) is 17.1 Å². The Morgan fingerprint density at radius 2 is 1.68 bits per heavy atom. The van der Waals surface area contributed by atoms with Crippen LogP contribution in [0.1, 0.15) is 23.6 Å². The van der Waals surface area contributed by atoms with E-state index in [2.05, 4.69) is 10.6 Å². The average molecular weight is 431 g/mol. The number of aryl methyl sites for hydroxylation is 2. The van der Waals surface area contributed by atoms with E-state index in [1.165, 1.54) is 17.8 Å². The maximum absolute atomic E-state index is 12.6. The van der Waals surface area contributed by atoms with Crippen LogP contribution in [0.3, 0.4) is 0 Å². The third kappa shape index (κ3) is 6.86. The molecule has 0 aromatic heterocycles. The molecule has 0 spiro atoms. The van der Waals surface area contributed by atoms with Crippen molar-refractivity contribution in [1.29, 1.82) is 0 Å². The maximum Gasteiger partial charge on any atom is 0.248 e. The summed E-state index contributed by atoms with van der Waals surface area (Å²) in [5.41, 5.74) is 4.68. The molecule has 0 heterocycles. The van der Waals surface area contributed by atoms with Gasteiger partial charge in [-0.25, -0.2) is 0 Å². The molecule has 5 heteroatoms. The van der Waals surface area contributed by atoms with Gasteiger partial charge in [0.15, 0.2) is 0 Å². The average Bonchev–Trinajstić information content (AvgIpc) is 2.75. The monoisotopic (exact) mass is 430 g/mol. The summed E-state index contributed by atoms with van der Waals surface area (Å²) in [6.45, 7) is 5.89. The molecule has 1 atom stereocenters. The second kappa shape index (κ2) is 10.6.